The van der Waals surface area contributed by atoms with Crippen molar-refractivity contribution < 1.29 is 14.3 Å². The van der Waals surface area contributed by atoms with Crippen molar-refractivity contribution in [2.75, 3.05) is 6.61 Å². The van der Waals surface area contributed by atoms with Crippen LogP contribution >= 0.6 is 0 Å². The Balaban J connectivity index is 1.61. The van der Waals surface area contributed by atoms with Gasteiger partial charge in [-0.05, 0) is 41.7 Å². The maximum absolute atomic E-state index is 13.8. The largest absolute Gasteiger partial charge is 0.394 e. The first-order chi connectivity index (χ1) is 14.6. The molecule has 0 radical (unpaired) electrons. The summed E-state index contributed by atoms with van der Waals surface area (Å²) in [6.45, 7) is -0.238. The molecule has 0 bridgehead atoms. The van der Waals surface area contributed by atoms with E-state index in [1.165, 1.54) is 23.5 Å². The Labute approximate surface area is 176 Å². The molecule has 30 heavy (non-hydrogen) atoms. The van der Waals surface area contributed by atoms with Crippen LogP contribution in [0.25, 0.3) is 11.1 Å². The zero-order valence-electron chi connectivity index (χ0n) is 16.8. The van der Waals surface area contributed by atoms with Gasteiger partial charge in [-0.1, -0.05) is 55.7 Å². The Morgan fingerprint density at radius 1 is 1.17 bits per heavy atom. The van der Waals surface area contributed by atoms with E-state index in [2.05, 4.69) is 11.4 Å². The standard InChI is InChI=1S/C24H26FN3O2/c25-17-8-6-7-16(13-17)19-11-4-5-12-20(19)23-21(14-26)28(22(23)15-29)24(30)27-18-9-2-1-3-10-18/h4-8,11-13,18,21-23,29H,1-3,9-10,15H2,(H,27,30)/t21-,22-,23-/m1/s1. The molecule has 0 unspecified atom stereocenters. The van der Waals surface area contributed by atoms with Crippen LogP contribution in [0.15, 0.2) is 48.5 Å². The van der Waals surface area contributed by atoms with Gasteiger partial charge in [0.2, 0.25) is 0 Å². The fourth-order valence-corrected chi connectivity index (χ4v) is 4.86. The molecule has 1 aliphatic carbocycles. The van der Waals surface area contributed by atoms with Gasteiger partial charge >= 0.3 is 6.03 Å². The molecule has 3 atom stereocenters. The smallest absolute Gasteiger partial charge is 0.319 e. The number of carbonyl (C=O) groups excluding carboxylic acids is 1. The minimum atomic E-state index is -0.680. The lowest BCUT2D eigenvalue weighted by molar-refractivity contribution is 0.0155. The first kappa shape index (κ1) is 20.4. The summed E-state index contributed by atoms with van der Waals surface area (Å²) in [4.78, 5) is 14.4. The highest BCUT2D eigenvalue weighted by Crippen LogP contribution is 2.44. The number of aliphatic hydroxyl groups excluding tert-OH is 1. The highest BCUT2D eigenvalue weighted by atomic mass is 19.1. The zero-order chi connectivity index (χ0) is 21.1. The number of hydrogen-bond donors (Lipinski definition) is 2. The Morgan fingerprint density at radius 3 is 2.63 bits per heavy atom. The second kappa shape index (κ2) is 8.85. The number of hydrogen-bond acceptors (Lipinski definition) is 3. The molecular weight excluding hydrogens is 381 g/mol. The van der Waals surface area contributed by atoms with Crippen molar-refractivity contribution in [2.24, 2.45) is 0 Å². The van der Waals surface area contributed by atoms with Gasteiger partial charge in [0.25, 0.3) is 0 Å². The van der Waals surface area contributed by atoms with Gasteiger partial charge < -0.3 is 15.3 Å². The summed E-state index contributed by atoms with van der Waals surface area (Å²) < 4.78 is 13.8. The summed E-state index contributed by atoms with van der Waals surface area (Å²) in [7, 11) is 0. The predicted molar refractivity (Wildman–Crippen MR) is 112 cm³/mol. The molecule has 4 rings (SSSR count). The van der Waals surface area contributed by atoms with Crippen LogP contribution in [-0.4, -0.2) is 40.8 Å². The van der Waals surface area contributed by atoms with Crippen LogP contribution in [0.2, 0.25) is 0 Å². The molecule has 0 aromatic heterocycles. The number of aliphatic hydroxyl groups is 1. The maximum Gasteiger partial charge on any atom is 0.319 e. The van der Waals surface area contributed by atoms with Gasteiger partial charge in [0.1, 0.15) is 11.9 Å². The number of rotatable bonds is 4. The van der Waals surface area contributed by atoms with E-state index >= 15 is 0 Å². The first-order valence-corrected chi connectivity index (χ1v) is 10.6. The van der Waals surface area contributed by atoms with E-state index in [1.807, 2.05) is 30.3 Å². The zero-order valence-corrected chi connectivity index (χ0v) is 16.8. The lowest BCUT2D eigenvalue weighted by atomic mass is 9.73. The van der Waals surface area contributed by atoms with E-state index in [4.69, 9.17) is 0 Å². The third kappa shape index (κ3) is 3.78. The van der Waals surface area contributed by atoms with Crippen molar-refractivity contribution in [3.05, 3.63) is 59.9 Å². The summed E-state index contributed by atoms with van der Waals surface area (Å²) >= 11 is 0. The third-order valence-corrected chi connectivity index (χ3v) is 6.35. The van der Waals surface area contributed by atoms with Crippen LogP contribution in [-0.2, 0) is 0 Å². The lowest BCUT2D eigenvalue weighted by Gasteiger charge is -2.52. The van der Waals surface area contributed by atoms with E-state index in [0.717, 1.165) is 36.8 Å². The molecule has 2 aromatic carbocycles. The number of nitriles is 1. The number of amides is 2. The number of halogens is 1. The molecule has 1 heterocycles. The van der Waals surface area contributed by atoms with Gasteiger partial charge in [-0.15, -0.1) is 0 Å². The lowest BCUT2D eigenvalue weighted by Crippen LogP contribution is -2.68. The Kier molecular flexibility index (Phi) is 6.01. The molecule has 1 aliphatic heterocycles. The Hall–Kier alpha value is -2.91. The van der Waals surface area contributed by atoms with Crippen molar-refractivity contribution >= 4 is 6.03 Å². The summed E-state index contributed by atoms with van der Waals surface area (Å²) in [6.07, 6.45) is 5.29. The molecule has 1 saturated carbocycles. The van der Waals surface area contributed by atoms with Gasteiger partial charge in [-0.2, -0.15) is 5.26 Å². The minimum absolute atomic E-state index is 0.128. The second-order valence-corrected chi connectivity index (χ2v) is 8.14. The number of carbonyl (C=O) groups is 1. The van der Waals surface area contributed by atoms with Crippen molar-refractivity contribution in [2.45, 2.75) is 56.1 Å². The SMILES string of the molecule is N#C[C@@H]1[C@@H](c2ccccc2-c2cccc(F)c2)[C@@H](CO)N1C(=O)NC1CCCCC1. The normalized spacial score (nSPS) is 24.0. The van der Waals surface area contributed by atoms with Gasteiger partial charge in [-0.25, -0.2) is 9.18 Å². The predicted octanol–water partition coefficient (Wildman–Crippen LogP) is 4.19. The molecular formula is C24H26FN3O2. The molecule has 2 N–H and O–H groups in total. The number of nitrogens with one attached hydrogen (secondary N) is 1. The topological polar surface area (TPSA) is 76.4 Å². The van der Waals surface area contributed by atoms with Crippen molar-refractivity contribution in [1.82, 2.24) is 10.2 Å². The average Bonchev–Trinajstić information content (AvgIpc) is 2.75. The quantitative estimate of drug-likeness (QED) is 0.798. The molecule has 156 valence electrons. The van der Waals surface area contributed by atoms with Crippen molar-refractivity contribution in [1.29, 1.82) is 5.26 Å². The molecule has 2 fully saturated rings. The Morgan fingerprint density at radius 2 is 1.93 bits per heavy atom. The van der Waals surface area contributed by atoms with Gasteiger partial charge in [-0.3, -0.25) is 0 Å². The first-order valence-electron chi connectivity index (χ1n) is 10.6. The minimum Gasteiger partial charge on any atom is -0.394 e. The van der Waals surface area contributed by atoms with E-state index in [1.54, 1.807) is 6.07 Å². The number of urea groups is 1. The average molecular weight is 407 g/mol. The van der Waals surface area contributed by atoms with Gasteiger partial charge in [0, 0.05) is 12.0 Å². The highest BCUT2D eigenvalue weighted by Gasteiger charge is 2.52. The van der Waals surface area contributed by atoms with Crippen LogP contribution in [0.5, 0.6) is 0 Å². The van der Waals surface area contributed by atoms with E-state index < -0.39 is 12.1 Å². The van der Waals surface area contributed by atoms with Gasteiger partial charge in [0.05, 0.1) is 18.7 Å². The van der Waals surface area contributed by atoms with Crippen LogP contribution in [0.3, 0.4) is 0 Å². The summed E-state index contributed by atoms with van der Waals surface area (Å²) in [5.41, 5.74) is 2.37. The second-order valence-electron chi connectivity index (χ2n) is 8.14. The van der Waals surface area contributed by atoms with E-state index in [-0.39, 0.29) is 30.4 Å². The van der Waals surface area contributed by atoms with Crippen LogP contribution < -0.4 is 5.32 Å². The van der Waals surface area contributed by atoms with Crippen molar-refractivity contribution in [3.63, 3.8) is 0 Å². The summed E-state index contributed by atoms with van der Waals surface area (Å²) in [5.74, 6) is -0.670. The molecule has 1 saturated heterocycles. The van der Waals surface area contributed by atoms with Crippen LogP contribution in [0.1, 0.15) is 43.6 Å². The molecule has 5 nitrogen and oxygen atoms in total. The monoisotopic (exact) mass is 407 g/mol. The van der Waals surface area contributed by atoms with E-state index in [9.17, 15) is 19.6 Å². The maximum atomic E-state index is 13.8. The molecule has 2 aromatic rings. The third-order valence-electron chi connectivity index (χ3n) is 6.35. The van der Waals surface area contributed by atoms with Crippen LogP contribution in [0.4, 0.5) is 9.18 Å². The molecule has 2 amide bonds. The number of nitrogens with zero attached hydrogens (tertiary/aromatic N) is 2. The molecule has 2 aliphatic rings. The Bertz CT molecular complexity index is 951. The van der Waals surface area contributed by atoms with Gasteiger partial charge in [0.15, 0.2) is 0 Å². The molecule has 0 spiro atoms. The fraction of sp³-hybridized carbons (Fsp3) is 0.417. The number of likely N-dealkylation sites (tertiary alicyclic amines) is 1. The highest BCUT2D eigenvalue weighted by molar-refractivity contribution is 5.79. The summed E-state index contributed by atoms with van der Waals surface area (Å²) in [6, 6.07) is 14.8. The van der Waals surface area contributed by atoms with E-state index in [0.29, 0.717) is 5.56 Å². The molecule has 6 heteroatoms. The number of benzene rings is 2. The fourth-order valence-electron chi connectivity index (χ4n) is 4.86. The summed E-state index contributed by atoms with van der Waals surface area (Å²) in [5, 5.41) is 23.0. The van der Waals surface area contributed by atoms with Crippen molar-refractivity contribution in [3.8, 4) is 17.2 Å². The van der Waals surface area contributed by atoms with Crippen LogP contribution in [0, 0.1) is 17.1 Å².